The normalized spacial score (nSPS) is 14.1. The van der Waals surface area contributed by atoms with Crippen LogP contribution in [0.5, 0.6) is 0 Å². The van der Waals surface area contributed by atoms with Crippen LogP contribution in [0.4, 0.5) is 18.9 Å². The molecular weight excluding hydrogens is 349 g/mol. The number of carboxylic acid groups (broad SMARTS) is 1. The molecule has 0 fully saturated rings. The summed E-state index contributed by atoms with van der Waals surface area (Å²) in [4.78, 5) is 23.1. The predicted octanol–water partition coefficient (Wildman–Crippen LogP) is 3.53. The van der Waals surface area contributed by atoms with Gasteiger partial charge in [0.1, 0.15) is 6.04 Å². The lowest BCUT2D eigenvalue weighted by atomic mass is 10.1. The molecule has 1 aromatic rings. The molecule has 1 aromatic carbocycles. The number of carbonyl (C=O) groups excluding carboxylic acids is 1. The van der Waals surface area contributed by atoms with Crippen LogP contribution in [0.1, 0.15) is 32.3 Å². The van der Waals surface area contributed by atoms with E-state index in [1.54, 1.807) is 6.92 Å². The molecule has 0 heterocycles. The maximum Gasteiger partial charge on any atom is 0.417 e. The van der Waals surface area contributed by atoms with Gasteiger partial charge in [-0.1, -0.05) is 24.9 Å². The fraction of sp³-hybridized carbons (Fsp3) is 0.467. The number of rotatable bonds is 7. The Morgan fingerprint density at radius 3 is 2.46 bits per heavy atom. The lowest BCUT2D eigenvalue weighted by Gasteiger charge is -2.19. The zero-order chi connectivity index (χ0) is 18.5. The molecule has 2 unspecified atom stereocenters. The van der Waals surface area contributed by atoms with E-state index in [4.69, 9.17) is 16.7 Å². The molecule has 24 heavy (non-hydrogen) atoms. The van der Waals surface area contributed by atoms with Crippen molar-refractivity contribution in [2.24, 2.45) is 0 Å². The second-order valence-electron chi connectivity index (χ2n) is 5.25. The summed E-state index contributed by atoms with van der Waals surface area (Å²) in [6, 6.07) is 1.19. The summed E-state index contributed by atoms with van der Waals surface area (Å²) in [5, 5.41) is 13.5. The Hall–Kier alpha value is -1.80. The van der Waals surface area contributed by atoms with Crippen LogP contribution in [0.2, 0.25) is 5.02 Å². The molecule has 0 radical (unpaired) electrons. The van der Waals surface area contributed by atoms with Crippen LogP contribution in [0.3, 0.4) is 0 Å². The van der Waals surface area contributed by atoms with Gasteiger partial charge in [-0.3, -0.25) is 14.9 Å². The van der Waals surface area contributed by atoms with Crippen molar-refractivity contribution in [1.29, 1.82) is 0 Å². The van der Waals surface area contributed by atoms with Crippen LogP contribution in [0.15, 0.2) is 18.2 Å². The van der Waals surface area contributed by atoms with Crippen molar-refractivity contribution in [3.63, 3.8) is 0 Å². The Balaban J connectivity index is 2.82. The van der Waals surface area contributed by atoms with Crippen molar-refractivity contribution >= 4 is 29.2 Å². The van der Waals surface area contributed by atoms with Crippen molar-refractivity contribution in [2.45, 2.75) is 44.9 Å². The Kier molecular flexibility index (Phi) is 7.04. The van der Waals surface area contributed by atoms with Crippen LogP contribution >= 0.6 is 11.6 Å². The number of alkyl halides is 3. The van der Waals surface area contributed by atoms with Crippen molar-refractivity contribution in [3.8, 4) is 0 Å². The molecule has 9 heteroatoms. The lowest BCUT2D eigenvalue weighted by molar-refractivity contribution is -0.140. The van der Waals surface area contributed by atoms with Crippen molar-refractivity contribution in [1.82, 2.24) is 5.32 Å². The Bertz CT molecular complexity index is 608. The lowest BCUT2D eigenvalue weighted by Crippen LogP contribution is -2.47. The first-order valence-corrected chi connectivity index (χ1v) is 7.60. The number of carboxylic acids is 1. The van der Waals surface area contributed by atoms with Crippen LogP contribution < -0.4 is 10.6 Å². The number of aliphatic carboxylic acids is 1. The van der Waals surface area contributed by atoms with Crippen molar-refractivity contribution in [2.75, 3.05) is 5.32 Å². The molecule has 0 aliphatic heterocycles. The van der Waals surface area contributed by atoms with Crippen LogP contribution in [-0.2, 0) is 15.8 Å². The van der Waals surface area contributed by atoms with Gasteiger partial charge in [-0.15, -0.1) is 0 Å². The minimum atomic E-state index is -4.64. The first-order valence-electron chi connectivity index (χ1n) is 7.22. The second-order valence-corrected chi connectivity index (χ2v) is 5.66. The SMILES string of the molecule is CCCC(NC(C)C(=O)Nc1ccc(Cl)c(C(F)(F)F)c1)C(=O)O. The van der Waals surface area contributed by atoms with Gasteiger partial charge >= 0.3 is 12.1 Å². The fourth-order valence-corrected chi connectivity index (χ4v) is 2.24. The van der Waals surface area contributed by atoms with Gasteiger partial charge in [0.2, 0.25) is 5.91 Å². The van der Waals surface area contributed by atoms with Gasteiger partial charge in [-0.25, -0.2) is 0 Å². The molecule has 1 amide bonds. The van der Waals surface area contributed by atoms with E-state index < -0.39 is 40.7 Å². The zero-order valence-electron chi connectivity index (χ0n) is 13.1. The first kappa shape index (κ1) is 20.2. The van der Waals surface area contributed by atoms with Crippen LogP contribution in [0.25, 0.3) is 0 Å². The number of anilines is 1. The second kappa shape index (κ2) is 8.34. The molecule has 1 rings (SSSR count). The fourth-order valence-electron chi connectivity index (χ4n) is 2.02. The van der Waals surface area contributed by atoms with Gasteiger partial charge in [0.25, 0.3) is 0 Å². The first-order chi connectivity index (χ1) is 11.1. The highest BCUT2D eigenvalue weighted by Crippen LogP contribution is 2.36. The van der Waals surface area contributed by atoms with E-state index >= 15 is 0 Å². The average Bonchev–Trinajstić information content (AvgIpc) is 2.47. The maximum atomic E-state index is 12.8. The third-order valence-corrected chi connectivity index (χ3v) is 3.59. The number of carbonyl (C=O) groups is 2. The van der Waals surface area contributed by atoms with Gasteiger partial charge in [0, 0.05) is 5.69 Å². The molecular formula is C15H18ClF3N2O3. The van der Waals surface area contributed by atoms with E-state index in [-0.39, 0.29) is 5.69 Å². The minimum Gasteiger partial charge on any atom is -0.480 e. The van der Waals surface area contributed by atoms with Gasteiger partial charge in [0.05, 0.1) is 16.6 Å². The third kappa shape index (κ3) is 5.68. The van der Waals surface area contributed by atoms with Crippen molar-refractivity contribution in [3.05, 3.63) is 28.8 Å². The number of benzene rings is 1. The maximum absolute atomic E-state index is 12.8. The summed E-state index contributed by atoms with van der Waals surface area (Å²) >= 11 is 5.51. The summed E-state index contributed by atoms with van der Waals surface area (Å²) in [6.07, 6.45) is -3.71. The topological polar surface area (TPSA) is 78.4 Å². The monoisotopic (exact) mass is 366 g/mol. The summed E-state index contributed by atoms with van der Waals surface area (Å²) < 4.78 is 38.4. The average molecular weight is 367 g/mol. The number of amides is 1. The number of nitrogens with one attached hydrogen (secondary N) is 2. The van der Waals surface area contributed by atoms with E-state index in [0.29, 0.717) is 12.8 Å². The standard InChI is InChI=1S/C15H18ClF3N2O3/c1-3-4-12(14(23)24)20-8(2)13(22)21-9-5-6-11(16)10(7-9)15(17,18)19/h5-8,12,20H,3-4H2,1-2H3,(H,21,22)(H,23,24). The molecule has 3 N–H and O–H groups in total. The molecule has 134 valence electrons. The third-order valence-electron chi connectivity index (χ3n) is 3.26. The van der Waals surface area contributed by atoms with E-state index in [1.807, 2.05) is 0 Å². The molecule has 0 bridgehead atoms. The molecule has 0 saturated carbocycles. The smallest absolute Gasteiger partial charge is 0.417 e. The van der Waals surface area contributed by atoms with Crippen LogP contribution in [0, 0.1) is 0 Å². The van der Waals surface area contributed by atoms with Gasteiger partial charge in [0.15, 0.2) is 0 Å². The van der Waals surface area contributed by atoms with E-state index in [0.717, 1.165) is 12.1 Å². The quantitative estimate of drug-likeness (QED) is 0.689. The molecule has 2 atom stereocenters. The molecule has 0 aliphatic rings. The van der Waals surface area contributed by atoms with Gasteiger partial charge in [-0.2, -0.15) is 13.2 Å². The predicted molar refractivity (Wildman–Crippen MR) is 84.0 cm³/mol. The molecule has 0 saturated heterocycles. The largest absolute Gasteiger partial charge is 0.480 e. The number of hydrogen-bond acceptors (Lipinski definition) is 3. The van der Waals surface area contributed by atoms with E-state index in [2.05, 4.69) is 10.6 Å². The number of halogens is 4. The van der Waals surface area contributed by atoms with Crippen molar-refractivity contribution < 1.29 is 27.9 Å². The summed E-state index contributed by atoms with van der Waals surface area (Å²) in [6.45, 7) is 3.23. The van der Waals surface area contributed by atoms with Gasteiger partial charge < -0.3 is 10.4 Å². The molecule has 5 nitrogen and oxygen atoms in total. The Morgan fingerprint density at radius 2 is 1.96 bits per heavy atom. The summed E-state index contributed by atoms with van der Waals surface area (Å²) in [7, 11) is 0. The highest BCUT2D eigenvalue weighted by Gasteiger charge is 2.33. The number of hydrogen-bond donors (Lipinski definition) is 3. The molecule has 0 spiro atoms. The molecule has 0 aliphatic carbocycles. The highest BCUT2D eigenvalue weighted by atomic mass is 35.5. The Labute approximate surface area is 142 Å². The van der Waals surface area contributed by atoms with Crippen LogP contribution in [-0.4, -0.2) is 29.1 Å². The summed E-state index contributed by atoms with van der Waals surface area (Å²) in [5.74, 6) is -1.74. The minimum absolute atomic E-state index is 0.0762. The summed E-state index contributed by atoms with van der Waals surface area (Å²) in [5.41, 5.74) is -1.13. The highest BCUT2D eigenvalue weighted by molar-refractivity contribution is 6.31. The van der Waals surface area contributed by atoms with E-state index in [1.165, 1.54) is 13.0 Å². The van der Waals surface area contributed by atoms with E-state index in [9.17, 15) is 22.8 Å². The molecule has 0 aromatic heterocycles. The zero-order valence-corrected chi connectivity index (χ0v) is 13.8. The Morgan fingerprint density at radius 1 is 1.33 bits per heavy atom. The van der Waals surface area contributed by atoms with Gasteiger partial charge in [-0.05, 0) is 31.5 Å².